The van der Waals surface area contributed by atoms with Crippen molar-refractivity contribution < 1.29 is 23.4 Å². The number of hydrogen-bond acceptors (Lipinski definition) is 3. The minimum Gasteiger partial charge on any atom is -0.444 e. The predicted octanol–water partition coefficient (Wildman–Crippen LogP) is 2.39. The van der Waals surface area contributed by atoms with Crippen LogP contribution in [0.1, 0.15) is 26.3 Å². The van der Waals surface area contributed by atoms with E-state index in [-0.39, 0.29) is 12.0 Å². The van der Waals surface area contributed by atoms with Crippen LogP contribution in [0.2, 0.25) is 0 Å². The van der Waals surface area contributed by atoms with Gasteiger partial charge in [0.2, 0.25) is 0 Å². The average Bonchev–Trinajstić information content (AvgIpc) is 2.30. The van der Waals surface area contributed by atoms with Crippen LogP contribution in [0.25, 0.3) is 0 Å². The van der Waals surface area contributed by atoms with Gasteiger partial charge in [-0.15, -0.1) is 0 Å². The molecule has 1 aromatic carbocycles. The van der Waals surface area contributed by atoms with Gasteiger partial charge in [0.15, 0.2) is 0 Å². The standard InChI is InChI=1S/C14H19F2NO3/c1-14(2,3)20-13(19)17-9(8-18)7-10-11(15)5-4-6-12(10)16/h4-6,9,18H,7-8H2,1-3H3,(H,17,19)/t9-/m0/s1. The second kappa shape index (κ2) is 6.65. The molecule has 0 fully saturated rings. The first-order valence-corrected chi connectivity index (χ1v) is 6.26. The molecule has 112 valence electrons. The molecule has 0 saturated carbocycles. The fraction of sp³-hybridized carbons (Fsp3) is 0.500. The summed E-state index contributed by atoms with van der Waals surface area (Å²) >= 11 is 0. The van der Waals surface area contributed by atoms with E-state index in [0.29, 0.717) is 0 Å². The summed E-state index contributed by atoms with van der Waals surface area (Å²) in [4.78, 5) is 11.6. The fourth-order valence-corrected chi connectivity index (χ4v) is 1.61. The predicted molar refractivity (Wildman–Crippen MR) is 70.3 cm³/mol. The first-order chi connectivity index (χ1) is 9.23. The summed E-state index contributed by atoms with van der Waals surface area (Å²) in [6, 6.07) is 2.68. The van der Waals surface area contributed by atoms with Gasteiger partial charge in [-0.1, -0.05) is 6.07 Å². The van der Waals surface area contributed by atoms with Crippen LogP contribution in [0, 0.1) is 11.6 Å². The van der Waals surface area contributed by atoms with Crippen LogP contribution in [0.5, 0.6) is 0 Å². The Morgan fingerprint density at radius 2 is 1.90 bits per heavy atom. The molecule has 2 N–H and O–H groups in total. The molecule has 0 unspecified atom stereocenters. The van der Waals surface area contributed by atoms with E-state index in [9.17, 15) is 18.7 Å². The Morgan fingerprint density at radius 1 is 1.35 bits per heavy atom. The number of benzene rings is 1. The van der Waals surface area contributed by atoms with Gasteiger partial charge in [-0.05, 0) is 32.9 Å². The lowest BCUT2D eigenvalue weighted by Gasteiger charge is -2.23. The number of amides is 1. The molecule has 0 saturated heterocycles. The quantitative estimate of drug-likeness (QED) is 0.894. The molecule has 0 heterocycles. The van der Waals surface area contributed by atoms with E-state index < -0.39 is 36.0 Å². The number of alkyl carbamates (subject to hydrolysis) is 1. The highest BCUT2D eigenvalue weighted by atomic mass is 19.1. The summed E-state index contributed by atoms with van der Waals surface area (Å²) < 4.78 is 32.0. The molecule has 0 aliphatic heterocycles. The summed E-state index contributed by atoms with van der Waals surface area (Å²) in [7, 11) is 0. The van der Waals surface area contributed by atoms with Crippen molar-refractivity contribution in [2.24, 2.45) is 0 Å². The summed E-state index contributed by atoms with van der Waals surface area (Å²) in [5.74, 6) is -1.43. The Hall–Kier alpha value is -1.69. The molecular weight excluding hydrogens is 268 g/mol. The molecule has 1 aromatic rings. The van der Waals surface area contributed by atoms with Crippen molar-refractivity contribution in [2.75, 3.05) is 6.61 Å². The van der Waals surface area contributed by atoms with Crippen molar-refractivity contribution in [3.05, 3.63) is 35.4 Å². The van der Waals surface area contributed by atoms with Gasteiger partial charge in [-0.25, -0.2) is 13.6 Å². The molecule has 1 atom stereocenters. The number of carbonyl (C=O) groups excluding carboxylic acids is 1. The number of carbonyl (C=O) groups is 1. The number of hydrogen-bond donors (Lipinski definition) is 2. The van der Waals surface area contributed by atoms with E-state index in [4.69, 9.17) is 4.74 Å². The smallest absolute Gasteiger partial charge is 0.407 e. The van der Waals surface area contributed by atoms with Gasteiger partial charge in [-0.3, -0.25) is 0 Å². The largest absolute Gasteiger partial charge is 0.444 e. The SMILES string of the molecule is CC(C)(C)OC(=O)N[C@H](CO)Cc1c(F)cccc1F. The normalized spacial score (nSPS) is 12.9. The zero-order valence-electron chi connectivity index (χ0n) is 11.7. The third-order valence-corrected chi connectivity index (χ3v) is 2.45. The second-order valence-corrected chi connectivity index (χ2v) is 5.43. The number of aliphatic hydroxyl groups excluding tert-OH is 1. The van der Waals surface area contributed by atoms with Crippen molar-refractivity contribution in [3.63, 3.8) is 0 Å². The van der Waals surface area contributed by atoms with E-state index in [1.807, 2.05) is 0 Å². The van der Waals surface area contributed by atoms with E-state index in [0.717, 1.165) is 12.1 Å². The van der Waals surface area contributed by atoms with Crippen LogP contribution in [0.4, 0.5) is 13.6 Å². The van der Waals surface area contributed by atoms with Crippen molar-refractivity contribution in [3.8, 4) is 0 Å². The highest BCUT2D eigenvalue weighted by Crippen LogP contribution is 2.14. The molecule has 0 aliphatic rings. The zero-order valence-corrected chi connectivity index (χ0v) is 11.7. The first-order valence-electron chi connectivity index (χ1n) is 6.26. The molecule has 0 aliphatic carbocycles. The lowest BCUT2D eigenvalue weighted by Crippen LogP contribution is -2.42. The molecule has 1 amide bonds. The van der Waals surface area contributed by atoms with Gasteiger partial charge < -0.3 is 15.2 Å². The van der Waals surface area contributed by atoms with Crippen LogP contribution >= 0.6 is 0 Å². The number of halogens is 2. The number of aliphatic hydroxyl groups is 1. The first kappa shape index (κ1) is 16.4. The van der Waals surface area contributed by atoms with Gasteiger partial charge in [0.25, 0.3) is 0 Å². The molecule has 4 nitrogen and oxygen atoms in total. The van der Waals surface area contributed by atoms with E-state index in [1.54, 1.807) is 20.8 Å². The third-order valence-electron chi connectivity index (χ3n) is 2.45. The van der Waals surface area contributed by atoms with E-state index in [2.05, 4.69) is 5.32 Å². The third kappa shape index (κ3) is 5.13. The van der Waals surface area contributed by atoms with Gasteiger partial charge >= 0.3 is 6.09 Å². The molecule has 0 bridgehead atoms. The average molecular weight is 287 g/mol. The Morgan fingerprint density at radius 3 is 2.35 bits per heavy atom. The topological polar surface area (TPSA) is 58.6 Å². The second-order valence-electron chi connectivity index (χ2n) is 5.43. The molecule has 1 rings (SSSR count). The Kier molecular flexibility index (Phi) is 5.44. The maximum absolute atomic E-state index is 13.5. The minimum absolute atomic E-state index is 0.158. The number of ether oxygens (including phenoxy) is 1. The summed E-state index contributed by atoms with van der Waals surface area (Å²) in [5.41, 5.74) is -0.865. The zero-order chi connectivity index (χ0) is 15.3. The van der Waals surface area contributed by atoms with Crippen LogP contribution in [0.15, 0.2) is 18.2 Å². The van der Waals surface area contributed by atoms with E-state index in [1.165, 1.54) is 6.07 Å². The lowest BCUT2D eigenvalue weighted by molar-refractivity contribution is 0.0482. The summed E-state index contributed by atoms with van der Waals surface area (Å²) in [6.07, 6.45) is -0.901. The Balaban J connectivity index is 2.71. The fourth-order valence-electron chi connectivity index (χ4n) is 1.61. The maximum Gasteiger partial charge on any atom is 0.407 e. The Bertz CT molecular complexity index is 452. The molecule has 0 radical (unpaired) electrons. The molecule has 0 aromatic heterocycles. The van der Waals surface area contributed by atoms with Crippen LogP contribution in [-0.4, -0.2) is 29.4 Å². The monoisotopic (exact) mass is 287 g/mol. The number of rotatable bonds is 4. The van der Waals surface area contributed by atoms with Crippen LogP contribution in [-0.2, 0) is 11.2 Å². The minimum atomic E-state index is -0.823. The highest BCUT2D eigenvalue weighted by Gasteiger charge is 2.21. The van der Waals surface area contributed by atoms with Crippen LogP contribution in [0.3, 0.4) is 0 Å². The van der Waals surface area contributed by atoms with Gasteiger partial charge in [-0.2, -0.15) is 0 Å². The Labute approximate surface area is 116 Å². The van der Waals surface area contributed by atoms with Gasteiger partial charge in [0, 0.05) is 12.0 Å². The van der Waals surface area contributed by atoms with Crippen molar-refractivity contribution in [2.45, 2.75) is 38.8 Å². The summed E-state index contributed by atoms with van der Waals surface area (Å²) in [5, 5.41) is 11.6. The van der Waals surface area contributed by atoms with Gasteiger partial charge in [0.1, 0.15) is 17.2 Å². The molecule has 6 heteroatoms. The van der Waals surface area contributed by atoms with Crippen molar-refractivity contribution >= 4 is 6.09 Å². The number of nitrogens with one attached hydrogen (secondary N) is 1. The molecule has 0 spiro atoms. The van der Waals surface area contributed by atoms with Crippen LogP contribution < -0.4 is 5.32 Å². The van der Waals surface area contributed by atoms with Gasteiger partial charge in [0.05, 0.1) is 12.6 Å². The highest BCUT2D eigenvalue weighted by molar-refractivity contribution is 5.68. The summed E-state index contributed by atoms with van der Waals surface area (Å²) in [6.45, 7) is 4.62. The van der Waals surface area contributed by atoms with E-state index >= 15 is 0 Å². The van der Waals surface area contributed by atoms with Crippen molar-refractivity contribution in [1.82, 2.24) is 5.32 Å². The maximum atomic E-state index is 13.5. The van der Waals surface area contributed by atoms with Crippen molar-refractivity contribution in [1.29, 1.82) is 0 Å². The lowest BCUT2D eigenvalue weighted by atomic mass is 10.1. The molecular formula is C14H19F2NO3. The molecule has 20 heavy (non-hydrogen) atoms.